The lowest BCUT2D eigenvalue weighted by atomic mass is 9.87. The number of hydrogen-bond acceptors (Lipinski definition) is 2. The molecule has 1 heterocycles. The fourth-order valence-corrected chi connectivity index (χ4v) is 1.20. The molecule has 0 saturated carbocycles. The fraction of sp³-hybridized carbons (Fsp3) is 0.455. The Labute approximate surface area is 83.8 Å². The number of pyridine rings is 1. The molecule has 14 heavy (non-hydrogen) atoms. The number of aliphatic carboxylic acids is 1. The van der Waals surface area contributed by atoms with Crippen LogP contribution >= 0.6 is 0 Å². The molecule has 0 aliphatic carbocycles. The normalized spacial score (nSPS) is 11.4. The monoisotopic (exact) mass is 193 g/mol. The van der Waals surface area contributed by atoms with Gasteiger partial charge in [0.1, 0.15) is 0 Å². The summed E-state index contributed by atoms with van der Waals surface area (Å²) >= 11 is 0. The first-order valence-corrected chi connectivity index (χ1v) is 4.57. The summed E-state index contributed by atoms with van der Waals surface area (Å²) in [6.07, 6.45) is 2.16. The van der Waals surface area contributed by atoms with E-state index in [4.69, 9.17) is 5.11 Å². The SMILES string of the molecule is Cc1cccnc1CC(C)(C)C(=O)O. The molecule has 0 amide bonds. The third kappa shape index (κ3) is 2.31. The Morgan fingerprint density at radius 1 is 1.57 bits per heavy atom. The van der Waals surface area contributed by atoms with Crippen LogP contribution in [0.25, 0.3) is 0 Å². The molecular formula is C11H15NO2. The Morgan fingerprint density at radius 2 is 2.21 bits per heavy atom. The predicted octanol–water partition coefficient (Wildman–Crippen LogP) is 2.04. The van der Waals surface area contributed by atoms with Crippen molar-refractivity contribution >= 4 is 5.97 Å². The zero-order valence-electron chi connectivity index (χ0n) is 8.74. The van der Waals surface area contributed by atoms with Crippen molar-refractivity contribution in [1.82, 2.24) is 4.98 Å². The van der Waals surface area contributed by atoms with Crippen molar-refractivity contribution in [3.63, 3.8) is 0 Å². The van der Waals surface area contributed by atoms with Crippen LogP contribution < -0.4 is 0 Å². The van der Waals surface area contributed by atoms with E-state index in [0.717, 1.165) is 11.3 Å². The molecule has 1 aromatic rings. The molecule has 0 fully saturated rings. The van der Waals surface area contributed by atoms with Crippen molar-refractivity contribution < 1.29 is 9.90 Å². The Balaban J connectivity index is 2.89. The van der Waals surface area contributed by atoms with E-state index in [9.17, 15) is 4.79 Å². The first-order chi connectivity index (χ1) is 6.43. The number of aromatic nitrogens is 1. The highest BCUT2D eigenvalue weighted by atomic mass is 16.4. The van der Waals surface area contributed by atoms with Crippen LogP contribution in [0.1, 0.15) is 25.1 Å². The number of hydrogen-bond donors (Lipinski definition) is 1. The number of carboxylic acid groups (broad SMARTS) is 1. The summed E-state index contributed by atoms with van der Waals surface area (Å²) in [5.41, 5.74) is 1.15. The number of rotatable bonds is 3. The van der Waals surface area contributed by atoms with Crippen LogP contribution in [0.4, 0.5) is 0 Å². The second-order valence-corrected chi connectivity index (χ2v) is 4.13. The minimum Gasteiger partial charge on any atom is -0.481 e. The highest BCUT2D eigenvalue weighted by Gasteiger charge is 2.28. The van der Waals surface area contributed by atoms with Gasteiger partial charge in [-0.15, -0.1) is 0 Å². The van der Waals surface area contributed by atoms with Gasteiger partial charge in [0.15, 0.2) is 0 Å². The molecule has 0 atom stereocenters. The Kier molecular flexibility index (Phi) is 2.89. The molecule has 3 nitrogen and oxygen atoms in total. The molecule has 0 spiro atoms. The summed E-state index contributed by atoms with van der Waals surface area (Å²) in [7, 11) is 0. The largest absolute Gasteiger partial charge is 0.481 e. The predicted molar refractivity (Wildman–Crippen MR) is 54.1 cm³/mol. The van der Waals surface area contributed by atoms with Crippen molar-refractivity contribution in [2.75, 3.05) is 0 Å². The molecule has 1 N–H and O–H groups in total. The lowest BCUT2D eigenvalue weighted by Crippen LogP contribution is -2.26. The fourth-order valence-electron chi connectivity index (χ4n) is 1.20. The molecule has 0 aliphatic heterocycles. The van der Waals surface area contributed by atoms with Crippen molar-refractivity contribution in [2.24, 2.45) is 5.41 Å². The van der Waals surface area contributed by atoms with E-state index in [-0.39, 0.29) is 0 Å². The average molecular weight is 193 g/mol. The van der Waals surface area contributed by atoms with Gasteiger partial charge in [-0.1, -0.05) is 6.07 Å². The van der Waals surface area contributed by atoms with E-state index in [1.165, 1.54) is 0 Å². The van der Waals surface area contributed by atoms with E-state index in [1.807, 2.05) is 19.1 Å². The van der Waals surface area contributed by atoms with Gasteiger partial charge in [-0.05, 0) is 32.4 Å². The van der Waals surface area contributed by atoms with Gasteiger partial charge in [0.05, 0.1) is 5.41 Å². The van der Waals surface area contributed by atoms with Gasteiger partial charge >= 0.3 is 5.97 Å². The molecule has 0 unspecified atom stereocenters. The molecule has 0 saturated heterocycles. The standard InChI is InChI=1S/C11H15NO2/c1-8-5-4-6-12-9(8)7-11(2,3)10(13)14/h4-6H,7H2,1-3H3,(H,13,14). The van der Waals surface area contributed by atoms with Crippen LogP contribution in [-0.2, 0) is 11.2 Å². The maximum atomic E-state index is 10.9. The molecule has 0 aromatic carbocycles. The third-order valence-corrected chi connectivity index (χ3v) is 2.31. The van der Waals surface area contributed by atoms with Gasteiger partial charge in [-0.25, -0.2) is 0 Å². The number of nitrogens with zero attached hydrogens (tertiary/aromatic N) is 1. The van der Waals surface area contributed by atoms with Crippen LogP contribution in [0.3, 0.4) is 0 Å². The van der Waals surface area contributed by atoms with Crippen molar-refractivity contribution in [3.05, 3.63) is 29.6 Å². The highest BCUT2D eigenvalue weighted by Crippen LogP contribution is 2.22. The third-order valence-electron chi connectivity index (χ3n) is 2.31. The van der Waals surface area contributed by atoms with E-state index in [1.54, 1.807) is 20.0 Å². The first kappa shape index (κ1) is 10.7. The lowest BCUT2D eigenvalue weighted by Gasteiger charge is -2.19. The van der Waals surface area contributed by atoms with Crippen LogP contribution in [-0.4, -0.2) is 16.1 Å². The molecular weight excluding hydrogens is 178 g/mol. The topological polar surface area (TPSA) is 50.2 Å². The van der Waals surface area contributed by atoms with Crippen LogP contribution in [0, 0.1) is 12.3 Å². The summed E-state index contributed by atoms with van der Waals surface area (Å²) < 4.78 is 0. The zero-order valence-corrected chi connectivity index (χ0v) is 8.74. The summed E-state index contributed by atoms with van der Waals surface area (Å²) in [5.74, 6) is -0.789. The van der Waals surface area contributed by atoms with Crippen LogP contribution in [0.5, 0.6) is 0 Å². The quantitative estimate of drug-likeness (QED) is 0.799. The van der Waals surface area contributed by atoms with Crippen LogP contribution in [0.2, 0.25) is 0 Å². The molecule has 3 heteroatoms. The van der Waals surface area contributed by atoms with Crippen molar-refractivity contribution in [3.8, 4) is 0 Å². The van der Waals surface area contributed by atoms with Gasteiger partial charge in [0.25, 0.3) is 0 Å². The highest BCUT2D eigenvalue weighted by molar-refractivity contribution is 5.74. The minimum absolute atomic E-state index is 0.467. The van der Waals surface area contributed by atoms with E-state index in [0.29, 0.717) is 6.42 Å². The average Bonchev–Trinajstić information content (AvgIpc) is 2.08. The van der Waals surface area contributed by atoms with Crippen molar-refractivity contribution in [2.45, 2.75) is 27.2 Å². The lowest BCUT2D eigenvalue weighted by molar-refractivity contribution is -0.146. The Morgan fingerprint density at radius 3 is 2.71 bits per heavy atom. The number of carboxylic acids is 1. The van der Waals surface area contributed by atoms with E-state index >= 15 is 0 Å². The smallest absolute Gasteiger partial charge is 0.309 e. The molecule has 0 radical (unpaired) electrons. The second-order valence-electron chi connectivity index (χ2n) is 4.13. The molecule has 1 rings (SSSR count). The van der Waals surface area contributed by atoms with E-state index in [2.05, 4.69) is 4.98 Å². The summed E-state index contributed by atoms with van der Waals surface area (Å²) in [5, 5.41) is 8.97. The molecule has 0 aliphatic rings. The maximum Gasteiger partial charge on any atom is 0.309 e. The Hall–Kier alpha value is -1.38. The summed E-state index contributed by atoms with van der Waals surface area (Å²) in [6.45, 7) is 5.37. The summed E-state index contributed by atoms with van der Waals surface area (Å²) in [6, 6.07) is 3.80. The van der Waals surface area contributed by atoms with Gasteiger partial charge in [-0.3, -0.25) is 9.78 Å². The van der Waals surface area contributed by atoms with Crippen LogP contribution in [0.15, 0.2) is 18.3 Å². The van der Waals surface area contributed by atoms with Crippen molar-refractivity contribution in [1.29, 1.82) is 0 Å². The second kappa shape index (κ2) is 3.78. The number of aryl methyl sites for hydroxylation is 1. The summed E-state index contributed by atoms with van der Waals surface area (Å²) in [4.78, 5) is 15.1. The van der Waals surface area contributed by atoms with E-state index < -0.39 is 11.4 Å². The number of carbonyl (C=O) groups is 1. The molecule has 0 bridgehead atoms. The van der Waals surface area contributed by atoms with Gasteiger partial charge in [0, 0.05) is 18.3 Å². The van der Waals surface area contributed by atoms with Gasteiger partial charge in [-0.2, -0.15) is 0 Å². The maximum absolute atomic E-state index is 10.9. The van der Waals surface area contributed by atoms with Gasteiger partial charge < -0.3 is 5.11 Å². The molecule has 76 valence electrons. The Bertz CT molecular complexity index is 345. The zero-order chi connectivity index (χ0) is 10.8. The van der Waals surface area contributed by atoms with Gasteiger partial charge in [0.2, 0.25) is 0 Å². The first-order valence-electron chi connectivity index (χ1n) is 4.57. The minimum atomic E-state index is -0.789. The molecule has 1 aromatic heterocycles.